The average molecular weight is 431 g/mol. The van der Waals surface area contributed by atoms with E-state index >= 15 is 0 Å². The third kappa shape index (κ3) is 3.97. The predicted molar refractivity (Wildman–Crippen MR) is 127 cm³/mol. The Hall–Kier alpha value is -3.28. The van der Waals surface area contributed by atoms with Crippen molar-refractivity contribution in [3.05, 3.63) is 64.3 Å². The van der Waals surface area contributed by atoms with E-state index in [1.807, 2.05) is 25.1 Å². The van der Waals surface area contributed by atoms with Crippen molar-refractivity contribution in [1.82, 2.24) is 15.6 Å². The first kappa shape index (κ1) is 20.6. The highest BCUT2D eigenvalue weighted by Gasteiger charge is 2.31. The minimum atomic E-state index is -0.235. The molecule has 3 N–H and O–H groups in total. The summed E-state index contributed by atoms with van der Waals surface area (Å²) in [4.78, 5) is 30.3. The molecule has 2 heterocycles. The number of amides is 3. The molecule has 0 saturated carbocycles. The molecule has 1 aliphatic heterocycles. The number of hydrogen-bond acceptors (Lipinski definition) is 2. The minimum Gasteiger partial charge on any atom is -0.358 e. The second kappa shape index (κ2) is 8.34. The Kier molecular flexibility index (Phi) is 5.37. The van der Waals surface area contributed by atoms with Crippen LogP contribution in [0.5, 0.6) is 0 Å². The number of nitrogens with one attached hydrogen (secondary N) is 3. The van der Waals surface area contributed by atoms with Crippen LogP contribution in [0.2, 0.25) is 0 Å². The summed E-state index contributed by atoms with van der Waals surface area (Å²) in [6.07, 6.45) is 5.06. The molecule has 1 atom stereocenters. The number of aryl methyl sites for hydroxylation is 4. The molecule has 1 fully saturated rings. The number of benzene rings is 2. The average Bonchev–Trinajstić information content (AvgIpc) is 3.33. The first-order valence-electron chi connectivity index (χ1n) is 11.5. The number of anilines is 1. The molecule has 2 aliphatic rings. The Morgan fingerprint density at radius 1 is 1.09 bits per heavy atom. The SMILES string of the molecule is Cc1ccc(N2CC(NC(=O)NCc3ccc4[nH]c5c(c4c3)CCCC5)CC2=O)cc1C. The molecule has 2 aromatic carbocycles. The van der Waals surface area contributed by atoms with Gasteiger partial charge in [0.2, 0.25) is 5.91 Å². The van der Waals surface area contributed by atoms with Gasteiger partial charge in [0.15, 0.2) is 0 Å². The highest BCUT2D eigenvalue weighted by Crippen LogP contribution is 2.29. The zero-order valence-corrected chi connectivity index (χ0v) is 18.8. The quantitative estimate of drug-likeness (QED) is 0.578. The third-order valence-electron chi connectivity index (χ3n) is 6.88. The van der Waals surface area contributed by atoms with Crippen LogP contribution in [-0.4, -0.2) is 29.5 Å². The van der Waals surface area contributed by atoms with Gasteiger partial charge in [0.1, 0.15) is 0 Å². The Morgan fingerprint density at radius 2 is 1.94 bits per heavy atom. The van der Waals surface area contributed by atoms with Crippen molar-refractivity contribution in [2.24, 2.45) is 0 Å². The molecule has 6 nitrogen and oxygen atoms in total. The predicted octanol–water partition coefficient (Wildman–Crippen LogP) is 4.27. The Labute approximate surface area is 188 Å². The van der Waals surface area contributed by atoms with Gasteiger partial charge in [-0.1, -0.05) is 12.1 Å². The largest absolute Gasteiger partial charge is 0.358 e. The fourth-order valence-corrected chi connectivity index (χ4v) is 4.93. The molecule has 3 amide bonds. The molecule has 166 valence electrons. The number of rotatable bonds is 4. The summed E-state index contributed by atoms with van der Waals surface area (Å²) in [7, 11) is 0. The fourth-order valence-electron chi connectivity index (χ4n) is 4.93. The number of carbonyl (C=O) groups is 2. The number of urea groups is 1. The zero-order chi connectivity index (χ0) is 22.2. The second-order valence-corrected chi connectivity index (χ2v) is 9.17. The maximum atomic E-state index is 12.5. The summed E-state index contributed by atoms with van der Waals surface area (Å²) in [5.41, 5.74) is 8.32. The van der Waals surface area contributed by atoms with Crippen molar-refractivity contribution in [3.8, 4) is 0 Å². The van der Waals surface area contributed by atoms with Crippen molar-refractivity contribution in [3.63, 3.8) is 0 Å². The van der Waals surface area contributed by atoms with Crippen LogP contribution >= 0.6 is 0 Å². The van der Waals surface area contributed by atoms with Crippen molar-refractivity contribution < 1.29 is 9.59 Å². The molecule has 1 aromatic heterocycles. The van der Waals surface area contributed by atoms with Crippen molar-refractivity contribution >= 4 is 28.5 Å². The number of aromatic nitrogens is 1. The van der Waals surface area contributed by atoms with E-state index in [1.54, 1.807) is 4.90 Å². The Balaban J connectivity index is 1.19. The summed E-state index contributed by atoms with van der Waals surface area (Å²) < 4.78 is 0. The lowest BCUT2D eigenvalue weighted by molar-refractivity contribution is -0.117. The van der Waals surface area contributed by atoms with Crippen LogP contribution in [0.25, 0.3) is 10.9 Å². The lowest BCUT2D eigenvalue weighted by Gasteiger charge is -2.18. The number of carbonyl (C=O) groups excluding carboxylic acids is 2. The van der Waals surface area contributed by atoms with Gasteiger partial charge in [0, 0.05) is 41.8 Å². The van der Waals surface area contributed by atoms with E-state index in [1.165, 1.54) is 40.6 Å². The number of hydrogen-bond donors (Lipinski definition) is 3. The first-order valence-corrected chi connectivity index (χ1v) is 11.5. The molecule has 0 radical (unpaired) electrons. The van der Waals surface area contributed by atoms with E-state index in [4.69, 9.17) is 0 Å². The van der Waals surface area contributed by atoms with E-state index in [9.17, 15) is 9.59 Å². The molecule has 1 unspecified atom stereocenters. The highest BCUT2D eigenvalue weighted by molar-refractivity contribution is 5.97. The van der Waals surface area contributed by atoms with E-state index in [2.05, 4.69) is 40.7 Å². The summed E-state index contributed by atoms with van der Waals surface area (Å²) in [5.74, 6) is 0.0428. The molecule has 0 bridgehead atoms. The number of aromatic amines is 1. The topological polar surface area (TPSA) is 77.2 Å². The monoisotopic (exact) mass is 430 g/mol. The number of H-pyrrole nitrogens is 1. The van der Waals surface area contributed by atoms with Crippen molar-refractivity contribution in [1.29, 1.82) is 0 Å². The molecule has 5 rings (SSSR count). The summed E-state index contributed by atoms with van der Waals surface area (Å²) in [6, 6.07) is 12.0. The molecular formula is C26H30N4O2. The Morgan fingerprint density at radius 3 is 2.78 bits per heavy atom. The van der Waals surface area contributed by atoms with Crippen LogP contribution in [0, 0.1) is 13.8 Å². The van der Waals surface area contributed by atoms with Crippen LogP contribution in [0.4, 0.5) is 10.5 Å². The van der Waals surface area contributed by atoms with E-state index in [-0.39, 0.29) is 18.0 Å². The van der Waals surface area contributed by atoms with Gasteiger partial charge in [-0.25, -0.2) is 4.79 Å². The van der Waals surface area contributed by atoms with Crippen molar-refractivity contribution in [2.45, 2.75) is 58.5 Å². The lowest BCUT2D eigenvalue weighted by Crippen LogP contribution is -2.43. The first-order chi connectivity index (χ1) is 15.5. The van der Waals surface area contributed by atoms with Gasteiger partial charge in [-0.3, -0.25) is 4.79 Å². The summed E-state index contributed by atoms with van der Waals surface area (Å²) in [5, 5.41) is 7.21. The summed E-state index contributed by atoms with van der Waals surface area (Å²) >= 11 is 0. The van der Waals surface area contributed by atoms with Gasteiger partial charge in [-0.05, 0) is 86.1 Å². The maximum Gasteiger partial charge on any atom is 0.315 e. The molecule has 1 aliphatic carbocycles. The van der Waals surface area contributed by atoms with E-state index < -0.39 is 0 Å². The van der Waals surface area contributed by atoms with E-state index in [0.29, 0.717) is 19.5 Å². The van der Waals surface area contributed by atoms with Gasteiger partial charge >= 0.3 is 6.03 Å². The van der Waals surface area contributed by atoms with Gasteiger partial charge in [-0.15, -0.1) is 0 Å². The standard InChI is InChI=1S/C26H30N4O2/c1-16-7-9-20(11-17(16)2)30-15-19(13-25(30)31)28-26(32)27-14-18-8-10-24-22(12-18)21-5-3-4-6-23(21)29-24/h7-12,19,29H,3-6,13-15H2,1-2H3,(H2,27,28,32). The van der Waals surface area contributed by atoms with Crippen LogP contribution < -0.4 is 15.5 Å². The van der Waals surface area contributed by atoms with Crippen LogP contribution in [-0.2, 0) is 24.2 Å². The third-order valence-corrected chi connectivity index (χ3v) is 6.88. The Bertz CT molecular complexity index is 1200. The minimum absolute atomic E-state index is 0.0428. The fraction of sp³-hybridized carbons (Fsp3) is 0.385. The molecule has 32 heavy (non-hydrogen) atoms. The molecule has 0 spiro atoms. The zero-order valence-electron chi connectivity index (χ0n) is 18.8. The number of nitrogens with zero attached hydrogens (tertiary/aromatic N) is 1. The normalized spacial score (nSPS) is 18.1. The van der Waals surface area contributed by atoms with Gasteiger partial charge < -0.3 is 20.5 Å². The molecular weight excluding hydrogens is 400 g/mol. The highest BCUT2D eigenvalue weighted by atomic mass is 16.2. The summed E-state index contributed by atoms with van der Waals surface area (Å²) in [6.45, 7) is 5.06. The molecule has 6 heteroatoms. The van der Waals surface area contributed by atoms with Gasteiger partial charge in [0.05, 0.1) is 6.04 Å². The maximum absolute atomic E-state index is 12.5. The second-order valence-electron chi connectivity index (χ2n) is 9.17. The lowest BCUT2D eigenvalue weighted by atomic mass is 9.95. The van der Waals surface area contributed by atoms with Crippen LogP contribution in [0.1, 0.15) is 47.2 Å². The van der Waals surface area contributed by atoms with Crippen LogP contribution in [0.15, 0.2) is 36.4 Å². The number of fused-ring (bicyclic) bond motifs is 3. The van der Waals surface area contributed by atoms with Gasteiger partial charge in [-0.2, -0.15) is 0 Å². The van der Waals surface area contributed by atoms with Crippen molar-refractivity contribution in [2.75, 3.05) is 11.4 Å². The van der Waals surface area contributed by atoms with Gasteiger partial charge in [0.25, 0.3) is 0 Å². The molecule has 3 aromatic rings. The van der Waals surface area contributed by atoms with E-state index in [0.717, 1.165) is 29.7 Å². The smallest absolute Gasteiger partial charge is 0.315 e. The molecule has 1 saturated heterocycles. The van der Waals surface area contributed by atoms with Crippen LogP contribution in [0.3, 0.4) is 0 Å².